The lowest BCUT2D eigenvalue weighted by Gasteiger charge is -2.26. The van der Waals surface area contributed by atoms with Crippen LogP contribution < -0.4 is 4.74 Å². The first kappa shape index (κ1) is 18.8. The zero-order valence-electron chi connectivity index (χ0n) is 13.8. The number of carbonyl (C=O) groups is 1. The summed E-state index contributed by atoms with van der Waals surface area (Å²) in [5.74, 6) is 0.174. The van der Waals surface area contributed by atoms with Crippen LogP contribution in [0.5, 0.6) is 5.75 Å². The molecule has 0 amide bonds. The van der Waals surface area contributed by atoms with Crippen molar-refractivity contribution in [3.63, 3.8) is 0 Å². The molecule has 0 bridgehead atoms. The van der Waals surface area contributed by atoms with Crippen LogP contribution in [0.3, 0.4) is 0 Å². The first-order valence-electron chi connectivity index (χ1n) is 6.97. The van der Waals surface area contributed by atoms with Gasteiger partial charge in [-0.1, -0.05) is 12.1 Å². The van der Waals surface area contributed by atoms with Gasteiger partial charge in [-0.15, -0.1) is 0 Å². The highest BCUT2D eigenvalue weighted by atomic mass is 28.4. The number of hydrogen-bond acceptors (Lipinski definition) is 6. The van der Waals surface area contributed by atoms with Crippen LogP contribution in [0.15, 0.2) is 24.3 Å². The molecule has 124 valence electrons. The summed E-state index contributed by atoms with van der Waals surface area (Å²) in [5.41, 5.74) is 0.990. The normalized spacial score (nSPS) is 13.0. The Bertz CT molecular complexity index is 449. The van der Waals surface area contributed by atoms with E-state index in [4.69, 9.17) is 22.8 Å². The molecule has 0 heterocycles. The third-order valence-corrected chi connectivity index (χ3v) is 6.21. The van der Waals surface area contributed by atoms with Gasteiger partial charge >= 0.3 is 14.8 Å². The maximum absolute atomic E-state index is 10.9. The van der Waals surface area contributed by atoms with Crippen LogP contribution in [0.4, 0.5) is 0 Å². The molecule has 1 rings (SSSR count). The van der Waals surface area contributed by atoms with Crippen LogP contribution in [0, 0.1) is 0 Å². The van der Waals surface area contributed by atoms with Gasteiger partial charge in [0, 0.05) is 41.4 Å². The SMILES string of the molecule is COC(CC[Si](OC)(OC)OC)c1ccc(OC(C)=O)cc1. The lowest BCUT2D eigenvalue weighted by molar-refractivity contribution is -0.131. The third-order valence-electron chi connectivity index (χ3n) is 3.44. The van der Waals surface area contributed by atoms with Gasteiger partial charge in [0.15, 0.2) is 0 Å². The molecule has 0 aliphatic carbocycles. The van der Waals surface area contributed by atoms with Crippen LogP contribution in [0.25, 0.3) is 0 Å². The van der Waals surface area contributed by atoms with E-state index in [1.807, 2.05) is 12.1 Å². The Balaban J connectivity index is 2.73. The maximum atomic E-state index is 10.9. The van der Waals surface area contributed by atoms with Gasteiger partial charge in [-0.25, -0.2) is 0 Å². The van der Waals surface area contributed by atoms with E-state index in [0.717, 1.165) is 5.56 Å². The number of methoxy groups -OCH3 is 1. The summed E-state index contributed by atoms with van der Waals surface area (Å²) in [6.45, 7) is 1.37. The molecule has 0 aliphatic heterocycles. The van der Waals surface area contributed by atoms with Gasteiger partial charge in [-0.2, -0.15) is 0 Å². The average molecular weight is 328 g/mol. The second-order valence-corrected chi connectivity index (χ2v) is 7.81. The summed E-state index contributed by atoms with van der Waals surface area (Å²) in [6.07, 6.45) is 0.587. The predicted molar refractivity (Wildman–Crippen MR) is 83.7 cm³/mol. The number of benzene rings is 1. The Morgan fingerprint density at radius 2 is 1.59 bits per heavy atom. The van der Waals surface area contributed by atoms with Crippen LogP contribution in [-0.4, -0.2) is 43.2 Å². The summed E-state index contributed by atoms with van der Waals surface area (Å²) in [6, 6.07) is 7.89. The maximum Gasteiger partial charge on any atom is 0.500 e. The van der Waals surface area contributed by atoms with Crippen molar-refractivity contribution < 1.29 is 27.5 Å². The molecule has 0 spiro atoms. The Morgan fingerprint density at radius 1 is 1.05 bits per heavy atom. The molecule has 22 heavy (non-hydrogen) atoms. The minimum Gasteiger partial charge on any atom is -0.427 e. The molecule has 0 N–H and O–H groups in total. The molecule has 0 fully saturated rings. The lowest BCUT2D eigenvalue weighted by Crippen LogP contribution is -2.42. The lowest BCUT2D eigenvalue weighted by atomic mass is 10.1. The van der Waals surface area contributed by atoms with Gasteiger partial charge in [-0.05, 0) is 24.1 Å². The van der Waals surface area contributed by atoms with E-state index in [1.54, 1.807) is 40.6 Å². The second-order valence-electron chi connectivity index (χ2n) is 4.72. The number of esters is 1. The van der Waals surface area contributed by atoms with Crippen LogP contribution in [0.1, 0.15) is 25.0 Å². The molecule has 0 aromatic heterocycles. The topological polar surface area (TPSA) is 63.2 Å². The molecule has 6 nitrogen and oxygen atoms in total. The zero-order chi connectivity index (χ0) is 16.6. The fourth-order valence-corrected chi connectivity index (χ4v) is 3.93. The summed E-state index contributed by atoms with van der Waals surface area (Å²) < 4.78 is 26.8. The molecule has 0 saturated heterocycles. The molecular weight excluding hydrogens is 304 g/mol. The predicted octanol–water partition coefficient (Wildman–Crippen LogP) is 2.57. The van der Waals surface area contributed by atoms with Crippen molar-refractivity contribution in [1.82, 2.24) is 0 Å². The molecular formula is C15H24O6Si. The van der Waals surface area contributed by atoms with Crippen molar-refractivity contribution in [3.05, 3.63) is 29.8 Å². The fraction of sp³-hybridized carbons (Fsp3) is 0.533. The van der Waals surface area contributed by atoms with Crippen molar-refractivity contribution in [3.8, 4) is 5.75 Å². The molecule has 1 aromatic carbocycles. The highest BCUT2D eigenvalue weighted by Crippen LogP contribution is 2.28. The van der Waals surface area contributed by atoms with E-state index in [2.05, 4.69) is 0 Å². The summed E-state index contributed by atoms with van der Waals surface area (Å²) in [7, 11) is 3.82. The van der Waals surface area contributed by atoms with Crippen LogP contribution in [-0.2, 0) is 22.8 Å². The van der Waals surface area contributed by atoms with Crippen molar-refractivity contribution in [1.29, 1.82) is 0 Å². The molecule has 0 saturated carbocycles. The van der Waals surface area contributed by atoms with E-state index < -0.39 is 8.80 Å². The highest BCUT2D eigenvalue weighted by Gasteiger charge is 2.38. The average Bonchev–Trinajstić information content (AvgIpc) is 2.53. The highest BCUT2D eigenvalue weighted by molar-refractivity contribution is 6.60. The molecule has 7 heteroatoms. The van der Waals surface area contributed by atoms with E-state index >= 15 is 0 Å². The monoisotopic (exact) mass is 328 g/mol. The summed E-state index contributed by atoms with van der Waals surface area (Å²) in [5, 5.41) is 0. The van der Waals surface area contributed by atoms with Crippen molar-refractivity contribution in [2.45, 2.75) is 25.5 Å². The van der Waals surface area contributed by atoms with Gasteiger partial charge in [0.25, 0.3) is 0 Å². The molecule has 1 unspecified atom stereocenters. The second kappa shape index (κ2) is 9.01. The van der Waals surface area contributed by atoms with Gasteiger partial charge < -0.3 is 22.8 Å². The van der Waals surface area contributed by atoms with E-state index in [-0.39, 0.29) is 12.1 Å². The Labute approximate surface area is 132 Å². The minimum atomic E-state index is -2.61. The first-order chi connectivity index (χ1) is 10.5. The van der Waals surface area contributed by atoms with Gasteiger partial charge in [-0.3, -0.25) is 4.79 Å². The van der Waals surface area contributed by atoms with Crippen LogP contribution >= 0.6 is 0 Å². The zero-order valence-corrected chi connectivity index (χ0v) is 14.8. The quantitative estimate of drug-likeness (QED) is 0.394. The van der Waals surface area contributed by atoms with E-state index in [0.29, 0.717) is 18.2 Å². The van der Waals surface area contributed by atoms with Crippen molar-refractivity contribution in [2.24, 2.45) is 0 Å². The standard InChI is InChI=1S/C15H24O6Si/c1-12(16)21-14-8-6-13(7-9-14)15(17-2)10-11-22(18-3,19-4)20-5/h6-9,15H,10-11H2,1-5H3. The smallest absolute Gasteiger partial charge is 0.427 e. The van der Waals surface area contributed by atoms with E-state index in [1.165, 1.54) is 6.92 Å². The van der Waals surface area contributed by atoms with Crippen LogP contribution in [0.2, 0.25) is 6.04 Å². The first-order valence-corrected chi connectivity index (χ1v) is 8.90. The van der Waals surface area contributed by atoms with Gasteiger partial charge in [0.1, 0.15) is 5.75 Å². The molecule has 0 radical (unpaired) electrons. The largest absolute Gasteiger partial charge is 0.500 e. The number of hydrogen-bond donors (Lipinski definition) is 0. The molecule has 1 aromatic rings. The number of carbonyl (C=O) groups excluding carboxylic acids is 1. The van der Waals surface area contributed by atoms with E-state index in [9.17, 15) is 4.79 Å². The summed E-state index contributed by atoms with van der Waals surface area (Å²) >= 11 is 0. The molecule has 0 aliphatic rings. The van der Waals surface area contributed by atoms with Crippen molar-refractivity contribution >= 4 is 14.8 Å². The Hall–Kier alpha value is -1.25. The Morgan fingerprint density at radius 3 is 2.00 bits per heavy atom. The minimum absolute atomic E-state index is 0.112. The summed E-state index contributed by atoms with van der Waals surface area (Å²) in [4.78, 5) is 10.9. The molecule has 1 atom stereocenters. The third kappa shape index (κ3) is 5.18. The number of ether oxygens (including phenoxy) is 2. The van der Waals surface area contributed by atoms with Gasteiger partial charge in [0.2, 0.25) is 0 Å². The number of rotatable bonds is 9. The Kier molecular flexibility index (Phi) is 7.70. The van der Waals surface area contributed by atoms with Gasteiger partial charge in [0.05, 0.1) is 6.10 Å². The van der Waals surface area contributed by atoms with Crippen molar-refractivity contribution in [2.75, 3.05) is 28.4 Å². The fourth-order valence-electron chi connectivity index (χ4n) is 2.20.